The molecule has 1 atom stereocenters. The number of nitrogens with zero attached hydrogens (tertiary/aromatic N) is 2. The zero-order chi connectivity index (χ0) is 12.6. The summed E-state index contributed by atoms with van der Waals surface area (Å²) in [6, 6.07) is 0.365. The predicted octanol–water partition coefficient (Wildman–Crippen LogP) is 1.60. The molecule has 4 nitrogen and oxygen atoms in total. The molecule has 1 unspecified atom stereocenters. The van der Waals surface area contributed by atoms with Crippen LogP contribution < -0.4 is 5.73 Å². The fourth-order valence-corrected chi connectivity index (χ4v) is 2.70. The van der Waals surface area contributed by atoms with Crippen molar-refractivity contribution < 1.29 is 4.74 Å². The van der Waals surface area contributed by atoms with E-state index in [9.17, 15) is 0 Å². The first kappa shape index (κ1) is 13.3. The molecule has 0 bridgehead atoms. The fraction of sp³-hybridized carbons (Fsp3) is 0.917. The van der Waals surface area contributed by atoms with Gasteiger partial charge in [-0.3, -0.25) is 4.99 Å². The predicted molar refractivity (Wildman–Crippen MR) is 67.6 cm³/mol. The van der Waals surface area contributed by atoms with Crippen molar-refractivity contribution in [3.05, 3.63) is 0 Å². The van der Waals surface area contributed by atoms with E-state index in [1.165, 1.54) is 0 Å². The lowest BCUT2D eigenvalue weighted by Gasteiger charge is -2.43. The topological polar surface area (TPSA) is 50.9 Å². The van der Waals surface area contributed by atoms with E-state index >= 15 is 0 Å². The van der Waals surface area contributed by atoms with Gasteiger partial charge in [0, 0.05) is 19.6 Å². The molecule has 1 heterocycles. The average molecular weight is 227 g/mol. The Kier molecular flexibility index (Phi) is 3.53. The molecular formula is C12H25N3O. The van der Waals surface area contributed by atoms with Crippen molar-refractivity contribution in [1.82, 2.24) is 4.90 Å². The van der Waals surface area contributed by atoms with Crippen LogP contribution in [0.25, 0.3) is 0 Å². The van der Waals surface area contributed by atoms with E-state index in [0.29, 0.717) is 12.0 Å². The molecular weight excluding hydrogens is 202 g/mol. The summed E-state index contributed by atoms with van der Waals surface area (Å²) in [6.07, 6.45) is 0.916. The lowest BCUT2D eigenvalue weighted by Crippen LogP contribution is -2.55. The first-order valence-electron chi connectivity index (χ1n) is 5.86. The Balaban J connectivity index is 2.86. The highest BCUT2D eigenvalue weighted by Gasteiger charge is 2.43. The number of nitrogens with two attached hydrogens (primary N) is 1. The number of ether oxygens (including phenoxy) is 1. The van der Waals surface area contributed by atoms with Crippen LogP contribution in [-0.4, -0.2) is 41.7 Å². The van der Waals surface area contributed by atoms with E-state index in [1.807, 2.05) is 0 Å². The summed E-state index contributed by atoms with van der Waals surface area (Å²) in [5.41, 5.74) is 5.77. The smallest absolute Gasteiger partial charge is 0.192 e. The molecule has 1 aliphatic heterocycles. The average Bonchev–Trinajstić information content (AvgIpc) is 2.41. The molecule has 0 spiro atoms. The molecule has 0 amide bonds. The van der Waals surface area contributed by atoms with Gasteiger partial charge < -0.3 is 15.4 Å². The second-order valence-electron chi connectivity index (χ2n) is 5.78. The van der Waals surface area contributed by atoms with E-state index in [-0.39, 0.29) is 11.1 Å². The Bertz CT molecular complexity index is 286. The molecule has 0 aliphatic carbocycles. The highest BCUT2D eigenvalue weighted by atomic mass is 16.5. The lowest BCUT2D eigenvalue weighted by molar-refractivity contribution is -0.0207. The number of methoxy groups -OCH3 is 1. The normalized spacial score (nSPS) is 26.4. The second-order valence-corrected chi connectivity index (χ2v) is 5.78. The van der Waals surface area contributed by atoms with Crippen LogP contribution in [0, 0.1) is 0 Å². The number of guanidine groups is 1. The SMILES string of the molecule is COC(C)(C)CC1(C)CN=C(N)N1C(C)C. The quantitative estimate of drug-likeness (QED) is 0.793. The Morgan fingerprint density at radius 3 is 2.56 bits per heavy atom. The van der Waals surface area contributed by atoms with Gasteiger partial charge in [0.1, 0.15) is 0 Å². The Labute approximate surface area is 98.9 Å². The molecule has 2 N–H and O–H groups in total. The van der Waals surface area contributed by atoms with Crippen LogP contribution in [0.15, 0.2) is 4.99 Å². The lowest BCUT2D eigenvalue weighted by atomic mass is 9.86. The highest BCUT2D eigenvalue weighted by Crippen LogP contribution is 2.33. The third-order valence-electron chi connectivity index (χ3n) is 3.29. The third kappa shape index (κ3) is 2.48. The van der Waals surface area contributed by atoms with Crippen LogP contribution >= 0.6 is 0 Å². The van der Waals surface area contributed by atoms with E-state index in [2.05, 4.69) is 44.5 Å². The summed E-state index contributed by atoms with van der Waals surface area (Å²) in [6.45, 7) is 11.5. The van der Waals surface area contributed by atoms with Gasteiger partial charge in [-0.2, -0.15) is 0 Å². The Morgan fingerprint density at radius 2 is 2.12 bits per heavy atom. The monoisotopic (exact) mass is 227 g/mol. The number of hydrogen-bond donors (Lipinski definition) is 1. The molecule has 94 valence electrons. The molecule has 1 rings (SSSR count). The molecule has 1 aliphatic rings. The van der Waals surface area contributed by atoms with Crippen LogP contribution in [-0.2, 0) is 4.74 Å². The number of rotatable bonds is 4. The highest BCUT2D eigenvalue weighted by molar-refractivity contribution is 5.81. The van der Waals surface area contributed by atoms with Gasteiger partial charge >= 0.3 is 0 Å². The largest absolute Gasteiger partial charge is 0.379 e. The van der Waals surface area contributed by atoms with E-state index < -0.39 is 0 Å². The van der Waals surface area contributed by atoms with Crippen LogP contribution in [0.1, 0.15) is 41.0 Å². The van der Waals surface area contributed by atoms with E-state index in [4.69, 9.17) is 10.5 Å². The van der Waals surface area contributed by atoms with Crippen molar-refractivity contribution >= 4 is 5.96 Å². The summed E-state index contributed by atoms with van der Waals surface area (Å²) < 4.78 is 5.51. The minimum Gasteiger partial charge on any atom is -0.379 e. The molecule has 0 aromatic heterocycles. The first-order valence-corrected chi connectivity index (χ1v) is 5.86. The number of aliphatic imine (C=N–C) groups is 1. The van der Waals surface area contributed by atoms with E-state index in [1.54, 1.807) is 7.11 Å². The fourth-order valence-electron chi connectivity index (χ4n) is 2.70. The minimum atomic E-state index is -0.151. The maximum Gasteiger partial charge on any atom is 0.192 e. The van der Waals surface area contributed by atoms with Crippen LogP contribution in [0.2, 0.25) is 0 Å². The summed E-state index contributed by atoms with van der Waals surface area (Å²) in [5, 5.41) is 0. The molecule has 0 saturated carbocycles. The van der Waals surface area contributed by atoms with Crippen molar-refractivity contribution in [3.63, 3.8) is 0 Å². The van der Waals surface area contributed by atoms with Gasteiger partial charge in [0.05, 0.1) is 17.7 Å². The maximum absolute atomic E-state index is 5.95. The summed E-state index contributed by atoms with van der Waals surface area (Å²) in [4.78, 5) is 6.58. The molecule has 0 aromatic rings. The summed E-state index contributed by atoms with van der Waals surface area (Å²) in [5.74, 6) is 0.657. The van der Waals surface area contributed by atoms with Gasteiger partial charge in [0.25, 0.3) is 0 Å². The van der Waals surface area contributed by atoms with Crippen molar-refractivity contribution in [2.45, 2.75) is 58.2 Å². The van der Waals surface area contributed by atoms with Crippen LogP contribution in [0.4, 0.5) is 0 Å². The third-order valence-corrected chi connectivity index (χ3v) is 3.29. The molecule has 0 radical (unpaired) electrons. The summed E-state index contributed by atoms with van der Waals surface area (Å²) in [7, 11) is 1.75. The van der Waals surface area contributed by atoms with Gasteiger partial charge in [-0.05, 0) is 34.6 Å². The molecule has 0 aromatic carbocycles. The number of hydrogen-bond acceptors (Lipinski definition) is 4. The molecule has 0 saturated heterocycles. The Morgan fingerprint density at radius 1 is 1.56 bits per heavy atom. The van der Waals surface area contributed by atoms with Crippen LogP contribution in [0.3, 0.4) is 0 Å². The van der Waals surface area contributed by atoms with Crippen molar-refractivity contribution in [2.75, 3.05) is 13.7 Å². The van der Waals surface area contributed by atoms with Gasteiger partial charge in [-0.15, -0.1) is 0 Å². The van der Waals surface area contributed by atoms with Crippen molar-refractivity contribution in [3.8, 4) is 0 Å². The molecule has 0 fully saturated rings. The van der Waals surface area contributed by atoms with Gasteiger partial charge in [0.2, 0.25) is 0 Å². The van der Waals surface area contributed by atoms with Gasteiger partial charge in [-0.25, -0.2) is 0 Å². The standard InChI is InChI=1S/C12H25N3O/c1-9(2)15-10(13)14-8-12(15,5)7-11(3,4)16-6/h9H,7-8H2,1-6H3,(H2,13,14). The summed E-state index contributed by atoms with van der Waals surface area (Å²) >= 11 is 0. The molecule has 4 heteroatoms. The van der Waals surface area contributed by atoms with Crippen molar-refractivity contribution in [2.24, 2.45) is 10.7 Å². The molecule has 16 heavy (non-hydrogen) atoms. The zero-order valence-electron chi connectivity index (χ0n) is 11.4. The maximum atomic E-state index is 5.95. The van der Waals surface area contributed by atoms with E-state index in [0.717, 1.165) is 13.0 Å². The van der Waals surface area contributed by atoms with Crippen LogP contribution in [0.5, 0.6) is 0 Å². The van der Waals surface area contributed by atoms with Crippen molar-refractivity contribution in [1.29, 1.82) is 0 Å². The Hall–Kier alpha value is -0.770. The zero-order valence-corrected chi connectivity index (χ0v) is 11.4. The second kappa shape index (κ2) is 4.24. The first-order chi connectivity index (χ1) is 7.22. The van der Waals surface area contributed by atoms with Gasteiger partial charge in [0.15, 0.2) is 5.96 Å². The minimum absolute atomic E-state index is 0.0300. The van der Waals surface area contributed by atoms with Gasteiger partial charge in [-0.1, -0.05) is 0 Å².